The van der Waals surface area contributed by atoms with Crippen LogP contribution in [0.15, 0.2) is 24.3 Å². The highest BCUT2D eigenvalue weighted by molar-refractivity contribution is 6.03. The van der Waals surface area contributed by atoms with Gasteiger partial charge in [-0.1, -0.05) is 19.1 Å². The maximum atomic E-state index is 11.8. The molecule has 0 heterocycles. The van der Waals surface area contributed by atoms with E-state index in [2.05, 4.69) is 5.32 Å². The van der Waals surface area contributed by atoms with Crippen molar-refractivity contribution in [3.63, 3.8) is 0 Å². The molecule has 0 aliphatic heterocycles. The monoisotopic (exact) mass is 236 g/mol. The summed E-state index contributed by atoms with van der Waals surface area (Å²) in [6, 6.07) is 6.22. The topological polar surface area (TPSA) is 92.4 Å². The van der Waals surface area contributed by atoms with Gasteiger partial charge >= 0.3 is 5.97 Å². The van der Waals surface area contributed by atoms with Crippen molar-refractivity contribution in [2.45, 2.75) is 25.8 Å². The van der Waals surface area contributed by atoms with Crippen molar-refractivity contribution >= 4 is 17.6 Å². The minimum atomic E-state index is -1.09. The van der Waals surface area contributed by atoms with Gasteiger partial charge in [0.15, 0.2) is 0 Å². The summed E-state index contributed by atoms with van der Waals surface area (Å²) in [7, 11) is 0. The van der Waals surface area contributed by atoms with Gasteiger partial charge in [0.25, 0.3) is 0 Å². The van der Waals surface area contributed by atoms with E-state index in [0.29, 0.717) is 6.42 Å². The van der Waals surface area contributed by atoms with Gasteiger partial charge in [-0.3, -0.25) is 4.79 Å². The zero-order valence-electron chi connectivity index (χ0n) is 9.86. The molecule has 1 aromatic carbocycles. The van der Waals surface area contributed by atoms with Gasteiger partial charge in [-0.2, -0.15) is 0 Å². The zero-order chi connectivity index (χ0) is 13.1. The number of carbonyl (C=O) groups is 2. The average Bonchev–Trinajstić information content (AvgIpc) is 2.29. The Morgan fingerprint density at radius 2 is 2.00 bits per heavy atom. The largest absolute Gasteiger partial charge is 0.478 e. The first-order chi connectivity index (χ1) is 7.88. The van der Waals surface area contributed by atoms with Crippen molar-refractivity contribution in [2.24, 2.45) is 5.73 Å². The summed E-state index contributed by atoms with van der Waals surface area (Å²) in [6.45, 7) is 3.40. The molecule has 0 saturated heterocycles. The van der Waals surface area contributed by atoms with Gasteiger partial charge in [0.05, 0.1) is 16.8 Å². The molecule has 1 unspecified atom stereocenters. The van der Waals surface area contributed by atoms with Crippen molar-refractivity contribution in [1.82, 2.24) is 0 Å². The number of hydrogen-bond donors (Lipinski definition) is 3. The van der Waals surface area contributed by atoms with Gasteiger partial charge in [0.1, 0.15) is 0 Å². The van der Waals surface area contributed by atoms with Crippen molar-refractivity contribution in [1.29, 1.82) is 0 Å². The predicted molar refractivity (Wildman–Crippen MR) is 64.9 cm³/mol. The van der Waals surface area contributed by atoms with Gasteiger partial charge < -0.3 is 16.2 Å². The molecule has 0 aliphatic rings. The van der Waals surface area contributed by atoms with Gasteiger partial charge in [-0.05, 0) is 25.5 Å². The molecule has 1 amide bonds. The van der Waals surface area contributed by atoms with Crippen LogP contribution in [0.5, 0.6) is 0 Å². The first-order valence-electron chi connectivity index (χ1n) is 5.31. The molecular weight excluding hydrogens is 220 g/mol. The number of para-hydroxylation sites is 1. The van der Waals surface area contributed by atoms with Crippen molar-refractivity contribution in [3.05, 3.63) is 29.8 Å². The number of rotatable bonds is 4. The van der Waals surface area contributed by atoms with Crippen LogP contribution in [0.3, 0.4) is 0 Å². The third kappa shape index (κ3) is 3.04. The van der Waals surface area contributed by atoms with Gasteiger partial charge in [-0.15, -0.1) is 0 Å². The van der Waals surface area contributed by atoms with E-state index in [1.54, 1.807) is 26.0 Å². The Bertz CT molecular complexity index is 441. The lowest BCUT2D eigenvalue weighted by Gasteiger charge is -2.22. The lowest BCUT2D eigenvalue weighted by Crippen LogP contribution is -2.47. The number of benzene rings is 1. The summed E-state index contributed by atoms with van der Waals surface area (Å²) in [5.41, 5.74) is 5.07. The number of carboxylic acids is 1. The van der Waals surface area contributed by atoms with E-state index in [9.17, 15) is 9.59 Å². The summed E-state index contributed by atoms with van der Waals surface area (Å²) in [4.78, 5) is 22.8. The number of nitrogens with two attached hydrogens (primary N) is 1. The average molecular weight is 236 g/mol. The standard InChI is InChI=1S/C12H16N2O3/c1-3-12(2,13)11(17)14-9-7-5-4-6-8(9)10(15)16/h4-7H,3,13H2,1-2H3,(H,14,17)(H,15,16). The second-order valence-electron chi connectivity index (χ2n) is 4.08. The summed E-state index contributed by atoms with van der Waals surface area (Å²) in [5.74, 6) is -1.48. The van der Waals surface area contributed by atoms with E-state index in [4.69, 9.17) is 10.8 Å². The molecular formula is C12H16N2O3. The van der Waals surface area contributed by atoms with Gasteiger partial charge in [0, 0.05) is 0 Å². The van der Waals surface area contributed by atoms with Crippen LogP contribution in [0.2, 0.25) is 0 Å². The lowest BCUT2D eigenvalue weighted by atomic mass is 9.99. The molecule has 0 fully saturated rings. The fourth-order valence-electron chi connectivity index (χ4n) is 1.20. The number of nitrogens with one attached hydrogen (secondary N) is 1. The van der Waals surface area contributed by atoms with Crippen molar-refractivity contribution in [3.8, 4) is 0 Å². The summed E-state index contributed by atoms with van der Waals surface area (Å²) < 4.78 is 0. The first-order valence-corrected chi connectivity index (χ1v) is 5.31. The Labute approximate surface area is 99.6 Å². The molecule has 4 N–H and O–H groups in total. The number of aromatic carboxylic acids is 1. The molecule has 0 spiro atoms. The third-order valence-corrected chi connectivity index (χ3v) is 2.66. The summed E-state index contributed by atoms with van der Waals surface area (Å²) >= 11 is 0. The molecule has 0 aliphatic carbocycles. The van der Waals surface area contributed by atoms with Crippen LogP contribution in [-0.4, -0.2) is 22.5 Å². The maximum Gasteiger partial charge on any atom is 0.337 e. The van der Waals surface area contributed by atoms with Crippen LogP contribution in [0.4, 0.5) is 5.69 Å². The Kier molecular flexibility index (Phi) is 3.85. The quantitative estimate of drug-likeness (QED) is 0.737. The number of amides is 1. The number of carbonyl (C=O) groups excluding carboxylic acids is 1. The van der Waals surface area contributed by atoms with E-state index in [0.717, 1.165) is 0 Å². The van der Waals surface area contributed by atoms with Gasteiger partial charge in [-0.25, -0.2) is 4.79 Å². The molecule has 0 radical (unpaired) electrons. The Morgan fingerprint density at radius 1 is 1.41 bits per heavy atom. The van der Waals surface area contributed by atoms with E-state index in [1.807, 2.05) is 0 Å². The normalized spacial score (nSPS) is 13.8. The van der Waals surface area contributed by atoms with Gasteiger partial charge in [0.2, 0.25) is 5.91 Å². The number of anilines is 1. The highest BCUT2D eigenvalue weighted by Crippen LogP contribution is 2.17. The fraction of sp³-hybridized carbons (Fsp3) is 0.333. The van der Waals surface area contributed by atoms with Crippen LogP contribution in [0.25, 0.3) is 0 Å². The number of carboxylic acid groups (broad SMARTS) is 1. The van der Waals surface area contributed by atoms with Crippen LogP contribution >= 0.6 is 0 Å². The second kappa shape index (κ2) is 4.97. The summed E-state index contributed by atoms with van der Waals surface area (Å²) in [6.07, 6.45) is 0.466. The zero-order valence-corrected chi connectivity index (χ0v) is 9.86. The molecule has 0 bridgehead atoms. The molecule has 0 aromatic heterocycles. The Balaban J connectivity index is 2.97. The van der Waals surface area contributed by atoms with Crippen molar-refractivity contribution in [2.75, 3.05) is 5.32 Å². The summed E-state index contributed by atoms with van der Waals surface area (Å²) in [5, 5.41) is 11.5. The third-order valence-electron chi connectivity index (χ3n) is 2.66. The molecule has 92 valence electrons. The van der Waals surface area contributed by atoms with Crippen LogP contribution in [0, 0.1) is 0 Å². The van der Waals surface area contributed by atoms with E-state index in [1.165, 1.54) is 12.1 Å². The molecule has 17 heavy (non-hydrogen) atoms. The number of hydrogen-bond acceptors (Lipinski definition) is 3. The van der Waals surface area contributed by atoms with E-state index < -0.39 is 17.4 Å². The molecule has 5 heteroatoms. The smallest absolute Gasteiger partial charge is 0.337 e. The molecule has 1 aromatic rings. The first kappa shape index (κ1) is 13.2. The van der Waals surface area contributed by atoms with Crippen molar-refractivity contribution < 1.29 is 14.7 Å². The minimum Gasteiger partial charge on any atom is -0.478 e. The fourth-order valence-corrected chi connectivity index (χ4v) is 1.20. The highest BCUT2D eigenvalue weighted by atomic mass is 16.4. The predicted octanol–water partition coefficient (Wildman–Crippen LogP) is 1.45. The molecule has 1 atom stereocenters. The van der Waals surface area contributed by atoms with Crippen LogP contribution < -0.4 is 11.1 Å². The molecule has 0 saturated carbocycles. The molecule has 1 rings (SSSR count). The Morgan fingerprint density at radius 3 is 2.53 bits per heavy atom. The van der Waals surface area contributed by atoms with E-state index in [-0.39, 0.29) is 11.3 Å². The minimum absolute atomic E-state index is 0.0488. The lowest BCUT2D eigenvalue weighted by molar-refractivity contribution is -0.120. The maximum absolute atomic E-state index is 11.8. The highest BCUT2D eigenvalue weighted by Gasteiger charge is 2.26. The molecule has 5 nitrogen and oxygen atoms in total. The van der Waals surface area contributed by atoms with Crippen LogP contribution in [-0.2, 0) is 4.79 Å². The SMILES string of the molecule is CCC(C)(N)C(=O)Nc1ccccc1C(=O)O. The van der Waals surface area contributed by atoms with Crippen LogP contribution in [0.1, 0.15) is 30.6 Å². The van der Waals surface area contributed by atoms with E-state index >= 15 is 0 Å². The second-order valence-corrected chi connectivity index (χ2v) is 4.08. The Hall–Kier alpha value is -1.88.